The van der Waals surface area contributed by atoms with E-state index in [4.69, 9.17) is 4.52 Å². The van der Waals surface area contributed by atoms with Crippen LogP contribution < -0.4 is 0 Å². The van der Waals surface area contributed by atoms with Gasteiger partial charge in [0.05, 0.1) is 12.4 Å². The van der Waals surface area contributed by atoms with Gasteiger partial charge in [-0.25, -0.2) is 4.98 Å². The molecule has 22 heavy (non-hydrogen) atoms. The van der Waals surface area contributed by atoms with Crippen molar-refractivity contribution >= 4 is 5.91 Å². The predicted molar refractivity (Wildman–Crippen MR) is 79.2 cm³/mol. The average molecular weight is 303 g/mol. The van der Waals surface area contributed by atoms with Gasteiger partial charge in [0.15, 0.2) is 5.82 Å². The molecule has 0 aliphatic carbocycles. The van der Waals surface area contributed by atoms with Gasteiger partial charge in [0.1, 0.15) is 5.69 Å². The summed E-state index contributed by atoms with van der Waals surface area (Å²) in [6, 6.07) is 0.157. The minimum atomic E-state index is -0.127. The lowest BCUT2D eigenvalue weighted by molar-refractivity contribution is 0.0664. The summed E-state index contributed by atoms with van der Waals surface area (Å²) in [5.41, 5.74) is 0.476. The van der Waals surface area contributed by atoms with Gasteiger partial charge in [-0.3, -0.25) is 4.79 Å². The number of hydrogen-bond acceptors (Lipinski definition) is 5. The molecule has 7 heteroatoms. The number of carbonyl (C=O) groups is 1. The third-order valence-electron chi connectivity index (χ3n) is 4.11. The van der Waals surface area contributed by atoms with Gasteiger partial charge in [-0.1, -0.05) is 18.0 Å². The van der Waals surface area contributed by atoms with Crippen LogP contribution in [0.1, 0.15) is 67.9 Å². The first kappa shape index (κ1) is 14.7. The molecule has 1 unspecified atom stereocenters. The van der Waals surface area contributed by atoms with Crippen LogP contribution in [0.25, 0.3) is 0 Å². The molecule has 3 heterocycles. The number of rotatable bonds is 3. The van der Waals surface area contributed by atoms with Gasteiger partial charge in [0, 0.05) is 18.8 Å². The Bertz CT molecular complexity index is 620. The Hall–Kier alpha value is -2.18. The molecular weight excluding hydrogens is 282 g/mol. The van der Waals surface area contributed by atoms with Crippen molar-refractivity contribution in [2.45, 2.75) is 51.6 Å². The van der Waals surface area contributed by atoms with E-state index in [-0.39, 0.29) is 18.0 Å². The van der Waals surface area contributed by atoms with E-state index in [1.165, 1.54) is 6.39 Å². The molecule has 0 saturated carbocycles. The Morgan fingerprint density at radius 3 is 2.86 bits per heavy atom. The van der Waals surface area contributed by atoms with Crippen LogP contribution >= 0.6 is 0 Å². The molecule has 3 rings (SSSR count). The number of nitrogens with zero attached hydrogens (tertiary/aromatic N) is 5. The lowest BCUT2D eigenvalue weighted by Crippen LogP contribution is -2.35. The third-order valence-corrected chi connectivity index (χ3v) is 4.11. The number of hydrogen-bond donors (Lipinski definition) is 0. The van der Waals surface area contributed by atoms with E-state index < -0.39 is 0 Å². The van der Waals surface area contributed by atoms with Gasteiger partial charge in [-0.05, 0) is 26.7 Å². The van der Waals surface area contributed by atoms with Crippen molar-refractivity contribution in [3.63, 3.8) is 0 Å². The number of imidazole rings is 1. The first-order valence-electron chi connectivity index (χ1n) is 7.77. The molecule has 1 aliphatic heterocycles. The average Bonchev–Trinajstić information content (AvgIpc) is 3.14. The highest BCUT2D eigenvalue weighted by Crippen LogP contribution is 2.29. The second-order valence-corrected chi connectivity index (χ2v) is 5.95. The number of amides is 1. The van der Waals surface area contributed by atoms with E-state index in [2.05, 4.69) is 29.0 Å². The highest BCUT2D eigenvalue weighted by Gasteiger charge is 2.31. The number of carbonyl (C=O) groups excluding carboxylic acids is 1. The largest absolute Gasteiger partial charge is 0.343 e. The second kappa shape index (κ2) is 6.29. The van der Waals surface area contributed by atoms with E-state index in [1.54, 1.807) is 6.33 Å². The van der Waals surface area contributed by atoms with Crippen molar-refractivity contribution in [2.24, 2.45) is 0 Å². The van der Waals surface area contributed by atoms with Crippen LogP contribution in [-0.4, -0.2) is 37.0 Å². The van der Waals surface area contributed by atoms with E-state index in [0.717, 1.165) is 25.7 Å². The van der Waals surface area contributed by atoms with Crippen LogP contribution in [-0.2, 0) is 0 Å². The van der Waals surface area contributed by atoms with Crippen LogP contribution in [0.3, 0.4) is 0 Å². The molecule has 118 valence electrons. The van der Waals surface area contributed by atoms with Gasteiger partial charge in [-0.2, -0.15) is 4.98 Å². The van der Waals surface area contributed by atoms with Crippen molar-refractivity contribution in [2.75, 3.05) is 6.54 Å². The minimum absolute atomic E-state index is 0.0592. The third kappa shape index (κ3) is 2.88. The zero-order valence-electron chi connectivity index (χ0n) is 13.0. The molecule has 0 N–H and O–H groups in total. The molecule has 2 aromatic heterocycles. The molecule has 1 saturated heterocycles. The summed E-state index contributed by atoms with van der Waals surface area (Å²) >= 11 is 0. The second-order valence-electron chi connectivity index (χ2n) is 5.95. The summed E-state index contributed by atoms with van der Waals surface area (Å²) in [4.78, 5) is 23.1. The van der Waals surface area contributed by atoms with Crippen molar-refractivity contribution < 1.29 is 9.32 Å². The van der Waals surface area contributed by atoms with Crippen molar-refractivity contribution in [1.82, 2.24) is 24.6 Å². The lowest BCUT2D eigenvalue weighted by Gasteiger charge is -2.27. The Labute approximate surface area is 129 Å². The van der Waals surface area contributed by atoms with Gasteiger partial charge in [0.2, 0.25) is 6.39 Å². The summed E-state index contributed by atoms with van der Waals surface area (Å²) < 4.78 is 6.80. The molecule has 0 spiro atoms. The maximum absolute atomic E-state index is 12.9. The first-order chi connectivity index (χ1) is 10.7. The maximum atomic E-state index is 12.9. The van der Waals surface area contributed by atoms with Crippen LogP contribution in [0.4, 0.5) is 0 Å². The number of aromatic nitrogens is 4. The topological polar surface area (TPSA) is 77.0 Å². The zero-order valence-corrected chi connectivity index (χ0v) is 13.0. The Balaban J connectivity index is 1.86. The smallest absolute Gasteiger partial charge is 0.274 e. The molecule has 2 aromatic rings. The monoisotopic (exact) mass is 303 g/mol. The predicted octanol–water partition coefficient (Wildman–Crippen LogP) is 2.60. The van der Waals surface area contributed by atoms with Crippen LogP contribution in [0.2, 0.25) is 0 Å². The first-order valence-corrected chi connectivity index (χ1v) is 7.77. The quantitative estimate of drug-likeness (QED) is 0.871. The molecule has 7 nitrogen and oxygen atoms in total. The van der Waals surface area contributed by atoms with Crippen LogP contribution in [0, 0.1) is 0 Å². The van der Waals surface area contributed by atoms with Crippen LogP contribution in [0.15, 0.2) is 23.4 Å². The summed E-state index contributed by atoms with van der Waals surface area (Å²) in [6.07, 6.45) is 8.85. The molecule has 0 bridgehead atoms. The summed E-state index contributed by atoms with van der Waals surface area (Å²) in [5.74, 6) is 0.523. The SMILES string of the molecule is CC(C)n1cnc(C(=O)N2CCCCCC2c2ncon2)c1. The van der Waals surface area contributed by atoms with E-state index in [1.807, 2.05) is 15.7 Å². The summed E-state index contributed by atoms with van der Waals surface area (Å²) in [7, 11) is 0. The Morgan fingerprint density at radius 1 is 1.32 bits per heavy atom. The summed E-state index contributed by atoms with van der Waals surface area (Å²) in [6.45, 7) is 4.82. The summed E-state index contributed by atoms with van der Waals surface area (Å²) in [5, 5.41) is 3.94. The van der Waals surface area contributed by atoms with Gasteiger partial charge in [0.25, 0.3) is 5.91 Å². The van der Waals surface area contributed by atoms with Crippen LogP contribution in [0.5, 0.6) is 0 Å². The van der Waals surface area contributed by atoms with Crippen molar-refractivity contribution in [1.29, 1.82) is 0 Å². The lowest BCUT2D eigenvalue weighted by atomic mass is 10.1. The number of likely N-dealkylation sites (tertiary alicyclic amines) is 1. The van der Waals surface area contributed by atoms with Crippen molar-refractivity contribution in [3.8, 4) is 0 Å². The van der Waals surface area contributed by atoms with Gasteiger partial charge in [-0.15, -0.1) is 0 Å². The van der Waals surface area contributed by atoms with E-state index >= 15 is 0 Å². The fourth-order valence-corrected chi connectivity index (χ4v) is 2.82. The fraction of sp³-hybridized carbons (Fsp3) is 0.600. The van der Waals surface area contributed by atoms with E-state index in [9.17, 15) is 4.79 Å². The zero-order chi connectivity index (χ0) is 15.5. The Kier molecular flexibility index (Phi) is 4.22. The fourth-order valence-electron chi connectivity index (χ4n) is 2.82. The minimum Gasteiger partial charge on any atom is -0.343 e. The van der Waals surface area contributed by atoms with Gasteiger partial charge >= 0.3 is 0 Å². The molecule has 0 aromatic carbocycles. The van der Waals surface area contributed by atoms with E-state index in [0.29, 0.717) is 18.1 Å². The molecule has 1 amide bonds. The Morgan fingerprint density at radius 2 is 2.18 bits per heavy atom. The molecule has 1 fully saturated rings. The van der Waals surface area contributed by atoms with Crippen molar-refractivity contribution in [3.05, 3.63) is 30.4 Å². The molecule has 0 radical (unpaired) electrons. The maximum Gasteiger partial charge on any atom is 0.274 e. The molecular formula is C15H21N5O2. The highest BCUT2D eigenvalue weighted by molar-refractivity contribution is 5.92. The van der Waals surface area contributed by atoms with Gasteiger partial charge < -0.3 is 14.0 Å². The highest BCUT2D eigenvalue weighted by atomic mass is 16.5. The molecule has 1 atom stereocenters. The normalized spacial score (nSPS) is 19.4. The standard InChI is InChI=1S/C15H21N5O2/c1-11(2)19-8-12(16-9-19)15(21)20-7-5-3-4-6-13(20)14-17-10-22-18-14/h8-11,13H,3-7H2,1-2H3. The molecule has 1 aliphatic rings.